The molecule has 2 heterocycles. The lowest BCUT2D eigenvalue weighted by Gasteiger charge is -2.35. The van der Waals surface area contributed by atoms with E-state index in [1.54, 1.807) is 4.90 Å². The molecule has 0 bridgehead atoms. The third-order valence-electron chi connectivity index (χ3n) is 4.33. The van der Waals surface area contributed by atoms with E-state index in [0.717, 1.165) is 31.8 Å². The number of likely N-dealkylation sites (N-methyl/N-ethyl adjacent to an activating group) is 1. The number of rotatable bonds is 3. The molecule has 0 spiro atoms. The summed E-state index contributed by atoms with van der Waals surface area (Å²) in [5.41, 5.74) is 0. The molecular weight excluding hydrogens is 230 g/mol. The highest BCUT2D eigenvalue weighted by atomic mass is 16.4. The fourth-order valence-corrected chi connectivity index (χ4v) is 2.85. The number of carboxylic acid groups (broad SMARTS) is 1. The number of piperidine rings is 1. The highest BCUT2D eigenvalue weighted by molar-refractivity contribution is 5.64. The summed E-state index contributed by atoms with van der Waals surface area (Å²) in [6, 6.07) is 0. The Hall–Kier alpha value is -0.810. The van der Waals surface area contributed by atoms with Gasteiger partial charge in [0.25, 0.3) is 0 Å². The molecule has 5 nitrogen and oxygen atoms in total. The van der Waals surface area contributed by atoms with Gasteiger partial charge in [-0.15, -0.1) is 0 Å². The van der Waals surface area contributed by atoms with Crippen LogP contribution >= 0.6 is 0 Å². The zero-order valence-electron chi connectivity index (χ0n) is 11.3. The first-order valence-corrected chi connectivity index (χ1v) is 7.04. The van der Waals surface area contributed by atoms with Gasteiger partial charge in [-0.2, -0.15) is 0 Å². The molecule has 2 saturated heterocycles. The van der Waals surface area contributed by atoms with Gasteiger partial charge >= 0.3 is 6.09 Å². The van der Waals surface area contributed by atoms with Gasteiger partial charge in [-0.25, -0.2) is 4.79 Å². The number of likely N-dealkylation sites (tertiary alicyclic amines) is 1. The van der Waals surface area contributed by atoms with Crippen LogP contribution in [-0.2, 0) is 0 Å². The summed E-state index contributed by atoms with van der Waals surface area (Å²) >= 11 is 0. The number of piperazine rings is 1. The Balaban J connectivity index is 1.62. The Labute approximate surface area is 109 Å². The largest absolute Gasteiger partial charge is 0.465 e. The van der Waals surface area contributed by atoms with Crippen LogP contribution in [0.15, 0.2) is 0 Å². The Morgan fingerprint density at radius 1 is 1.11 bits per heavy atom. The van der Waals surface area contributed by atoms with Crippen molar-refractivity contribution < 1.29 is 9.90 Å². The molecule has 0 unspecified atom stereocenters. The minimum Gasteiger partial charge on any atom is -0.465 e. The molecule has 5 heteroatoms. The molecule has 104 valence electrons. The van der Waals surface area contributed by atoms with Gasteiger partial charge in [-0.3, -0.25) is 0 Å². The van der Waals surface area contributed by atoms with E-state index in [1.807, 2.05) is 0 Å². The zero-order valence-corrected chi connectivity index (χ0v) is 11.3. The molecule has 2 aliphatic heterocycles. The number of hydrogen-bond donors (Lipinski definition) is 1. The van der Waals surface area contributed by atoms with Crippen LogP contribution < -0.4 is 0 Å². The Bertz CT molecular complexity index is 269. The number of carbonyl (C=O) groups is 1. The van der Waals surface area contributed by atoms with Crippen molar-refractivity contribution in [3.05, 3.63) is 0 Å². The van der Waals surface area contributed by atoms with Crippen molar-refractivity contribution in [1.82, 2.24) is 14.7 Å². The van der Waals surface area contributed by atoms with E-state index in [-0.39, 0.29) is 0 Å². The van der Waals surface area contributed by atoms with Crippen LogP contribution in [0, 0.1) is 5.92 Å². The van der Waals surface area contributed by atoms with E-state index >= 15 is 0 Å². The standard InChI is InChI=1S/C13H25N3O2/c1-14-8-10-15(11-9-14)5-2-12-3-6-16(7-4-12)13(17)18/h12H,2-11H2,1H3,(H,17,18). The summed E-state index contributed by atoms with van der Waals surface area (Å²) in [5.74, 6) is 0.722. The fourth-order valence-electron chi connectivity index (χ4n) is 2.85. The van der Waals surface area contributed by atoms with E-state index in [4.69, 9.17) is 5.11 Å². The molecule has 0 aliphatic carbocycles. The monoisotopic (exact) mass is 255 g/mol. The molecule has 0 aromatic rings. The second-order valence-corrected chi connectivity index (χ2v) is 5.65. The minimum absolute atomic E-state index is 0.722. The van der Waals surface area contributed by atoms with Gasteiger partial charge in [0.2, 0.25) is 0 Å². The Kier molecular flexibility index (Phi) is 4.83. The van der Waals surface area contributed by atoms with Crippen molar-refractivity contribution in [3.63, 3.8) is 0 Å². The molecule has 2 fully saturated rings. The maximum absolute atomic E-state index is 10.8. The predicted molar refractivity (Wildman–Crippen MR) is 70.9 cm³/mol. The van der Waals surface area contributed by atoms with Gasteiger partial charge in [0.1, 0.15) is 0 Å². The zero-order chi connectivity index (χ0) is 13.0. The first-order valence-electron chi connectivity index (χ1n) is 7.04. The average molecular weight is 255 g/mol. The molecule has 2 aliphatic rings. The third-order valence-corrected chi connectivity index (χ3v) is 4.33. The van der Waals surface area contributed by atoms with Crippen molar-refractivity contribution in [2.45, 2.75) is 19.3 Å². The van der Waals surface area contributed by atoms with Gasteiger partial charge in [0.15, 0.2) is 0 Å². The molecule has 2 rings (SSSR count). The van der Waals surface area contributed by atoms with E-state index in [2.05, 4.69) is 16.8 Å². The van der Waals surface area contributed by atoms with Gasteiger partial charge in [-0.1, -0.05) is 0 Å². The molecular formula is C13H25N3O2. The first kappa shape index (κ1) is 13.6. The van der Waals surface area contributed by atoms with Crippen LogP contribution in [0.5, 0.6) is 0 Å². The van der Waals surface area contributed by atoms with Gasteiger partial charge in [0, 0.05) is 39.3 Å². The lowest BCUT2D eigenvalue weighted by atomic mass is 9.93. The Morgan fingerprint density at radius 3 is 2.28 bits per heavy atom. The summed E-state index contributed by atoms with van der Waals surface area (Å²) in [7, 11) is 2.18. The highest BCUT2D eigenvalue weighted by Gasteiger charge is 2.23. The van der Waals surface area contributed by atoms with Crippen LogP contribution in [0.4, 0.5) is 4.79 Å². The van der Waals surface area contributed by atoms with Crippen LogP contribution in [0.25, 0.3) is 0 Å². The van der Waals surface area contributed by atoms with Crippen LogP contribution in [0.3, 0.4) is 0 Å². The van der Waals surface area contributed by atoms with Crippen molar-refractivity contribution >= 4 is 6.09 Å². The summed E-state index contributed by atoms with van der Waals surface area (Å²) in [5, 5.41) is 8.90. The molecule has 0 saturated carbocycles. The van der Waals surface area contributed by atoms with Gasteiger partial charge in [-0.05, 0) is 38.8 Å². The second kappa shape index (κ2) is 6.38. The van der Waals surface area contributed by atoms with E-state index in [9.17, 15) is 4.79 Å². The number of amides is 1. The molecule has 0 aromatic carbocycles. The molecule has 1 N–H and O–H groups in total. The normalized spacial score (nSPS) is 24.4. The van der Waals surface area contributed by atoms with Crippen LogP contribution in [-0.4, -0.2) is 78.8 Å². The van der Waals surface area contributed by atoms with Gasteiger partial charge in [0.05, 0.1) is 0 Å². The lowest BCUT2D eigenvalue weighted by molar-refractivity contribution is 0.113. The summed E-state index contributed by atoms with van der Waals surface area (Å²) < 4.78 is 0. The lowest BCUT2D eigenvalue weighted by Crippen LogP contribution is -2.45. The molecule has 0 aromatic heterocycles. The smallest absolute Gasteiger partial charge is 0.407 e. The molecule has 0 radical (unpaired) electrons. The average Bonchev–Trinajstić information content (AvgIpc) is 2.38. The fraction of sp³-hybridized carbons (Fsp3) is 0.923. The summed E-state index contributed by atoms with van der Waals surface area (Å²) in [4.78, 5) is 17.3. The SMILES string of the molecule is CN1CCN(CCC2CCN(C(=O)O)CC2)CC1. The van der Waals surface area contributed by atoms with E-state index in [0.29, 0.717) is 0 Å². The van der Waals surface area contributed by atoms with E-state index < -0.39 is 6.09 Å². The summed E-state index contributed by atoms with van der Waals surface area (Å²) in [6.07, 6.45) is 2.56. The quantitative estimate of drug-likeness (QED) is 0.818. The van der Waals surface area contributed by atoms with E-state index in [1.165, 1.54) is 39.1 Å². The molecule has 0 atom stereocenters. The van der Waals surface area contributed by atoms with Gasteiger partial charge < -0.3 is 19.8 Å². The van der Waals surface area contributed by atoms with Crippen molar-refractivity contribution in [2.24, 2.45) is 5.92 Å². The predicted octanol–water partition coefficient (Wildman–Crippen LogP) is 1.01. The second-order valence-electron chi connectivity index (χ2n) is 5.65. The van der Waals surface area contributed by atoms with Crippen LogP contribution in [0.2, 0.25) is 0 Å². The van der Waals surface area contributed by atoms with Crippen molar-refractivity contribution in [1.29, 1.82) is 0 Å². The summed E-state index contributed by atoms with van der Waals surface area (Å²) in [6.45, 7) is 7.36. The van der Waals surface area contributed by atoms with Crippen LogP contribution in [0.1, 0.15) is 19.3 Å². The Morgan fingerprint density at radius 2 is 1.72 bits per heavy atom. The molecule has 18 heavy (non-hydrogen) atoms. The number of nitrogens with zero attached hydrogens (tertiary/aromatic N) is 3. The first-order chi connectivity index (χ1) is 8.65. The van der Waals surface area contributed by atoms with Crippen molar-refractivity contribution in [3.8, 4) is 0 Å². The minimum atomic E-state index is -0.757. The maximum Gasteiger partial charge on any atom is 0.407 e. The maximum atomic E-state index is 10.8. The molecule has 1 amide bonds. The third kappa shape index (κ3) is 3.85. The van der Waals surface area contributed by atoms with Crippen molar-refractivity contribution in [2.75, 3.05) is 52.9 Å². The topological polar surface area (TPSA) is 47.0 Å². The number of hydrogen-bond acceptors (Lipinski definition) is 3. The highest BCUT2D eigenvalue weighted by Crippen LogP contribution is 2.21.